The van der Waals surface area contributed by atoms with Crippen molar-refractivity contribution in [2.24, 2.45) is 0 Å². The highest BCUT2D eigenvalue weighted by Crippen LogP contribution is 2.42. The molecule has 1 aliphatic rings. The summed E-state index contributed by atoms with van der Waals surface area (Å²) in [5.74, 6) is -0.137. The minimum absolute atomic E-state index is 0.164. The standard InChI is InChI=1S/C17H17FN2O4/c1-3-20(17(22)23-2)14-8-11(18)6-7-12(14)15(21)13-9-19-24-16(13)10-4-5-10/h6-10H,3-5H2,1-2H3. The van der Waals surface area contributed by atoms with Crippen molar-refractivity contribution < 1.29 is 23.2 Å². The number of nitrogens with zero attached hydrogens (tertiary/aromatic N) is 2. The number of carbonyl (C=O) groups is 2. The molecule has 0 N–H and O–H groups in total. The number of hydrogen-bond donors (Lipinski definition) is 0. The summed E-state index contributed by atoms with van der Waals surface area (Å²) in [6.45, 7) is 1.95. The van der Waals surface area contributed by atoms with Gasteiger partial charge >= 0.3 is 6.09 Å². The molecule has 0 unspecified atom stereocenters. The van der Waals surface area contributed by atoms with Crippen molar-refractivity contribution in [3.8, 4) is 0 Å². The molecule has 0 bridgehead atoms. The topological polar surface area (TPSA) is 72.6 Å². The molecule has 0 aliphatic heterocycles. The molecule has 0 spiro atoms. The van der Waals surface area contributed by atoms with Gasteiger partial charge in [0.15, 0.2) is 11.5 Å². The maximum absolute atomic E-state index is 13.7. The number of carbonyl (C=O) groups excluding carboxylic acids is 2. The average Bonchev–Trinajstić information content (AvgIpc) is 3.31. The van der Waals surface area contributed by atoms with Gasteiger partial charge in [-0.2, -0.15) is 0 Å². The Hall–Kier alpha value is -2.70. The van der Waals surface area contributed by atoms with Crippen LogP contribution in [0.4, 0.5) is 14.9 Å². The quantitative estimate of drug-likeness (QED) is 0.783. The van der Waals surface area contributed by atoms with Gasteiger partial charge in [-0.3, -0.25) is 9.69 Å². The van der Waals surface area contributed by atoms with Gasteiger partial charge in [-0.25, -0.2) is 9.18 Å². The number of amides is 1. The summed E-state index contributed by atoms with van der Waals surface area (Å²) in [7, 11) is 1.23. The fourth-order valence-electron chi connectivity index (χ4n) is 2.63. The Morgan fingerprint density at radius 1 is 1.38 bits per heavy atom. The first-order valence-corrected chi connectivity index (χ1v) is 7.71. The van der Waals surface area contributed by atoms with E-state index in [9.17, 15) is 14.0 Å². The summed E-state index contributed by atoms with van der Waals surface area (Å²) >= 11 is 0. The van der Waals surface area contributed by atoms with Crippen molar-refractivity contribution >= 4 is 17.6 Å². The minimum Gasteiger partial charge on any atom is -0.452 e. The summed E-state index contributed by atoms with van der Waals surface area (Å²) in [6, 6.07) is 3.70. The molecule has 3 rings (SSSR count). The highest BCUT2D eigenvalue weighted by molar-refractivity contribution is 6.14. The van der Waals surface area contributed by atoms with E-state index in [0.717, 1.165) is 18.9 Å². The second kappa shape index (κ2) is 6.43. The van der Waals surface area contributed by atoms with Crippen molar-refractivity contribution in [2.75, 3.05) is 18.6 Å². The Balaban J connectivity index is 2.05. The number of methoxy groups -OCH3 is 1. The number of ether oxygens (including phenoxy) is 1. The Bertz CT molecular complexity index is 783. The predicted molar refractivity (Wildman–Crippen MR) is 83.7 cm³/mol. The molecular formula is C17H17FN2O4. The largest absolute Gasteiger partial charge is 0.452 e. The van der Waals surface area contributed by atoms with Gasteiger partial charge in [-0.05, 0) is 38.0 Å². The lowest BCUT2D eigenvalue weighted by Gasteiger charge is -2.22. The van der Waals surface area contributed by atoms with Crippen LogP contribution in [0.5, 0.6) is 0 Å². The summed E-state index contributed by atoms with van der Waals surface area (Å²) in [5.41, 5.74) is 0.720. The molecule has 7 heteroatoms. The summed E-state index contributed by atoms with van der Waals surface area (Å²) in [4.78, 5) is 26.1. The van der Waals surface area contributed by atoms with Crippen LogP contribution in [0.15, 0.2) is 28.9 Å². The predicted octanol–water partition coefficient (Wildman–Crippen LogP) is 3.51. The van der Waals surface area contributed by atoms with Gasteiger partial charge in [0.25, 0.3) is 0 Å². The van der Waals surface area contributed by atoms with Gasteiger partial charge in [-0.15, -0.1) is 0 Å². The van der Waals surface area contributed by atoms with E-state index in [1.807, 2.05) is 0 Å². The number of aromatic nitrogens is 1. The van der Waals surface area contributed by atoms with E-state index in [1.165, 1.54) is 30.3 Å². The number of halogens is 1. The molecule has 1 amide bonds. The molecule has 6 nitrogen and oxygen atoms in total. The van der Waals surface area contributed by atoms with Crippen molar-refractivity contribution in [1.82, 2.24) is 5.16 Å². The van der Waals surface area contributed by atoms with Crippen LogP contribution in [-0.4, -0.2) is 30.7 Å². The van der Waals surface area contributed by atoms with E-state index in [-0.39, 0.29) is 29.5 Å². The Kier molecular flexibility index (Phi) is 4.33. The van der Waals surface area contributed by atoms with E-state index in [0.29, 0.717) is 11.3 Å². The average molecular weight is 332 g/mol. The van der Waals surface area contributed by atoms with Crippen LogP contribution >= 0.6 is 0 Å². The van der Waals surface area contributed by atoms with E-state index in [1.54, 1.807) is 6.92 Å². The van der Waals surface area contributed by atoms with Crippen molar-refractivity contribution in [3.05, 3.63) is 47.1 Å². The molecule has 1 aromatic carbocycles. The lowest BCUT2D eigenvalue weighted by molar-refractivity contribution is 0.103. The Labute approximate surface area is 138 Å². The van der Waals surface area contributed by atoms with E-state index >= 15 is 0 Å². The molecule has 24 heavy (non-hydrogen) atoms. The SMILES string of the molecule is CCN(C(=O)OC)c1cc(F)ccc1C(=O)c1cnoc1C1CC1. The van der Waals surface area contributed by atoms with Crippen LogP contribution in [-0.2, 0) is 4.74 Å². The van der Waals surface area contributed by atoms with Crippen LogP contribution in [0, 0.1) is 5.82 Å². The summed E-state index contributed by atoms with van der Waals surface area (Å²) in [6.07, 6.45) is 2.62. The maximum atomic E-state index is 13.7. The van der Waals surface area contributed by atoms with Gasteiger partial charge in [0, 0.05) is 18.0 Å². The third-order valence-corrected chi connectivity index (χ3v) is 4.00. The molecule has 1 heterocycles. The number of ketones is 1. The van der Waals surface area contributed by atoms with E-state index < -0.39 is 11.9 Å². The zero-order chi connectivity index (χ0) is 17.3. The minimum atomic E-state index is -0.662. The monoisotopic (exact) mass is 332 g/mol. The first-order valence-electron chi connectivity index (χ1n) is 7.71. The van der Waals surface area contributed by atoms with Gasteiger partial charge in [0.05, 0.1) is 24.6 Å². The molecule has 0 saturated heterocycles. The second-order valence-corrected chi connectivity index (χ2v) is 5.58. The number of rotatable bonds is 5. The number of hydrogen-bond acceptors (Lipinski definition) is 5. The van der Waals surface area contributed by atoms with Gasteiger partial charge in [0.2, 0.25) is 0 Å². The molecule has 0 radical (unpaired) electrons. The molecule has 0 atom stereocenters. The zero-order valence-electron chi connectivity index (χ0n) is 13.4. The fourth-order valence-corrected chi connectivity index (χ4v) is 2.63. The lowest BCUT2D eigenvalue weighted by atomic mass is 10.00. The van der Waals surface area contributed by atoms with Crippen LogP contribution in [0.3, 0.4) is 0 Å². The van der Waals surface area contributed by atoms with Crippen LogP contribution in [0.1, 0.15) is 47.4 Å². The van der Waals surface area contributed by atoms with Crippen LogP contribution in [0.2, 0.25) is 0 Å². The molecule has 1 aliphatic carbocycles. The highest BCUT2D eigenvalue weighted by Gasteiger charge is 2.34. The van der Waals surface area contributed by atoms with Crippen molar-refractivity contribution in [1.29, 1.82) is 0 Å². The maximum Gasteiger partial charge on any atom is 0.414 e. The normalized spacial score (nSPS) is 13.6. The van der Waals surface area contributed by atoms with Crippen LogP contribution < -0.4 is 4.90 Å². The number of benzene rings is 1. The van der Waals surface area contributed by atoms with Gasteiger partial charge < -0.3 is 9.26 Å². The van der Waals surface area contributed by atoms with Crippen molar-refractivity contribution in [3.63, 3.8) is 0 Å². The molecule has 126 valence electrons. The molecular weight excluding hydrogens is 315 g/mol. The molecule has 1 aromatic heterocycles. The third-order valence-electron chi connectivity index (χ3n) is 4.00. The smallest absolute Gasteiger partial charge is 0.414 e. The molecule has 1 fully saturated rings. The van der Waals surface area contributed by atoms with Crippen LogP contribution in [0.25, 0.3) is 0 Å². The number of anilines is 1. The Morgan fingerprint density at radius 3 is 2.75 bits per heavy atom. The summed E-state index contributed by atoms with van der Waals surface area (Å²) < 4.78 is 23.6. The Morgan fingerprint density at radius 2 is 2.12 bits per heavy atom. The lowest BCUT2D eigenvalue weighted by Crippen LogP contribution is -2.32. The van der Waals surface area contributed by atoms with Gasteiger partial charge in [-0.1, -0.05) is 5.16 Å². The fraction of sp³-hybridized carbons (Fsp3) is 0.353. The highest BCUT2D eigenvalue weighted by atomic mass is 19.1. The second-order valence-electron chi connectivity index (χ2n) is 5.58. The third kappa shape index (κ3) is 2.89. The zero-order valence-corrected chi connectivity index (χ0v) is 13.4. The van der Waals surface area contributed by atoms with E-state index in [4.69, 9.17) is 9.26 Å². The molecule has 1 saturated carbocycles. The van der Waals surface area contributed by atoms with Gasteiger partial charge in [0.1, 0.15) is 5.82 Å². The van der Waals surface area contributed by atoms with E-state index in [2.05, 4.69) is 5.16 Å². The van der Waals surface area contributed by atoms with Crippen molar-refractivity contribution in [2.45, 2.75) is 25.7 Å². The summed E-state index contributed by atoms with van der Waals surface area (Å²) in [5, 5.41) is 3.72. The first kappa shape index (κ1) is 16.2. The molecule has 2 aromatic rings. The first-order chi connectivity index (χ1) is 11.6.